The van der Waals surface area contributed by atoms with Gasteiger partial charge in [-0.1, -0.05) is 0 Å². The van der Waals surface area contributed by atoms with E-state index in [1.165, 1.54) is 12.8 Å². The van der Waals surface area contributed by atoms with Gasteiger partial charge in [-0.2, -0.15) is 0 Å². The molecular weight excluding hydrogens is 386 g/mol. The first-order valence-corrected chi connectivity index (χ1v) is 12.5. The average Bonchev–Trinajstić information content (AvgIpc) is 3.62. The molecule has 1 aliphatic heterocycles. The predicted octanol–water partition coefficient (Wildman–Crippen LogP) is 3.51. The Morgan fingerprint density at radius 1 is 1.14 bits per heavy atom. The van der Waals surface area contributed by atoms with E-state index in [1.807, 2.05) is 6.33 Å². The first-order chi connectivity index (χ1) is 13.9. The van der Waals surface area contributed by atoms with E-state index >= 15 is 0 Å². The number of fused-ring (bicyclic) bond motifs is 1. The van der Waals surface area contributed by atoms with Crippen molar-refractivity contribution in [1.82, 2.24) is 18.8 Å². The zero-order chi connectivity index (χ0) is 20.2. The minimum atomic E-state index is -3.07. The number of hydrogen-bond acceptors (Lipinski definition) is 5. The van der Waals surface area contributed by atoms with Crippen LogP contribution in [0.15, 0.2) is 12.4 Å². The van der Waals surface area contributed by atoms with Crippen LogP contribution in [0.4, 0.5) is 5.82 Å². The highest BCUT2D eigenvalue weighted by Crippen LogP contribution is 2.37. The highest BCUT2D eigenvalue weighted by atomic mass is 32.2. The van der Waals surface area contributed by atoms with Gasteiger partial charge in [0.05, 0.1) is 17.1 Å². The summed E-state index contributed by atoms with van der Waals surface area (Å²) in [6.45, 7) is 6.51. The molecule has 3 fully saturated rings. The summed E-state index contributed by atoms with van der Waals surface area (Å²) in [6, 6.07) is 2.51. The van der Waals surface area contributed by atoms with Gasteiger partial charge in [0.25, 0.3) is 0 Å². The van der Waals surface area contributed by atoms with Gasteiger partial charge in [-0.3, -0.25) is 0 Å². The zero-order valence-electron chi connectivity index (χ0n) is 17.3. The fraction of sp³-hybridized carbons (Fsp3) is 0.714. The van der Waals surface area contributed by atoms with Crippen LogP contribution in [0.5, 0.6) is 0 Å². The van der Waals surface area contributed by atoms with Crippen molar-refractivity contribution in [3.8, 4) is 0 Å². The second-order valence-electron chi connectivity index (χ2n) is 9.25. The monoisotopic (exact) mass is 417 g/mol. The van der Waals surface area contributed by atoms with Gasteiger partial charge in [-0.15, -0.1) is 0 Å². The van der Waals surface area contributed by atoms with Crippen molar-refractivity contribution >= 4 is 26.9 Å². The van der Waals surface area contributed by atoms with E-state index in [0.717, 1.165) is 60.7 Å². The lowest BCUT2D eigenvalue weighted by atomic mass is 9.94. The van der Waals surface area contributed by atoms with E-state index in [1.54, 1.807) is 4.31 Å². The maximum absolute atomic E-state index is 12.5. The van der Waals surface area contributed by atoms with Gasteiger partial charge >= 0.3 is 0 Å². The Morgan fingerprint density at radius 3 is 2.48 bits per heavy atom. The molecule has 2 aromatic rings. The molecule has 2 saturated carbocycles. The first-order valence-electron chi connectivity index (χ1n) is 11.0. The Balaban J connectivity index is 1.41. The number of aromatic nitrogens is 3. The number of rotatable bonds is 7. The van der Waals surface area contributed by atoms with Crippen molar-refractivity contribution in [2.75, 3.05) is 25.0 Å². The summed E-state index contributed by atoms with van der Waals surface area (Å²) >= 11 is 0. The molecule has 0 spiro atoms. The molecule has 0 atom stereocenters. The van der Waals surface area contributed by atoms with Gasteiger partial charge in [0.1, 0.15) is 5.52 Å². The zero-order valence-corrected chi connectivity index (χ0v) is 18.2. The van der Waals surface area contributed by atoms with Gasteiger partial charge < -0.3 is 9.88 Å². The van der Waals surface area contributed by atoms with E-state index < -0.39 is 10.0 Å². The summed E-state index contributed by atoms with van der Waals surface area (Å²) in [5.41, 5.74) is 3.13. The molecule has 1 N–H and O–H groups in total. The number of nitrogens with one attached hydrogen (secondary N) is 1. The second-order valence-corrected chi connectivity index (χ2v) is 11.5. The highest BCUT2D eigenvalue weighted by Gasteiger charge is 2.41. The SMILES string of the molecule is CC(C)n1cnc2c(NCC3CC3)nc(C3CCN(S(=O)(=O)C4CC4)CC3)cc21. The highest BCUT2D eigenvalue weighted by molar-refractivity contribution is 7.90. The topological polar surface area (TPSA) is 80.1 Å². The van der Waals surface area contributed by atoms with Gasteiger partial charge in [-0.05, 0) is 64.4 Å². The second kappa shape index (κ2) is 7.23. The fourth-order valence-corrected chi connectivity index (χ4v) is 6.21. The lowest BCUT2D eigenvalue weighted by Crippen LogP contribution is -2.39. The molecule has 5 rings (SSSR count). The summed E-state index contributed by atoms with van der Waals surface area (Å²) in [5.74, 6) is 1.94. The van der Waals surface area contributed by atoms with E-state index in [9.17, 15) is 8.42 Å². The summed E-state index contributed by atoms with van der Waals surface area (Å²) in [7, 11) is -3.07. The van der Waals surface area contributed by atoms with Crippen molar-refractivity contribution in [2.45, 2.75) is 69.6 Å². The lowest BCUT2D eigenvalue weighted by Gasteiger charge is -2.31. The van der Waals surface area contributed by atoms with Gasteiger partial charge in [-0.25, -0.2) is 22.7 Å². The Kier molecular flexibility index (Phi) is 4.81. The first kappa shape index (κ1) is 19.3. The standard InChI is InChI=1S/C21H31N5O2S/c1-14(2)26-13-23-20-19(26)11-18(24-21(20)22-12-15-3-4-15)16-7-9-25(10-8-16)29(27,28)17-5-6-17/h11,13-17H,3-10,12H2,1-2H3,(H,22,24). The van der Waals surface area contributed by atoms with E-state index in [4.69, 9.17) is 4.98 Å². The third-order valence-electron chi connectivity index (χ3n) is 6.57. The Morgan fingerprint density at radius 2 is 1.86 bits per heavy atom. The molecule has 8 heteroatoms. The van der Waals surface area contributed by atoms with Crippen LogP contribution in [0.25, 0.3) is 11.0 Å². The quantitative estimate of drug-likeness (QED) is 0.746. The maximum atomic E-state index is 12.5. The van der Waals surface area contributed by atoms with Crippen molar-refractivity contribution in [3.63, 3.8) is 0 Å². The van der Waals surface area contributed by atoms with Crippen LogP contribution < -0.4 is 5.32 Å². The minimum absolute atomic E-state index is 0.118. The summed E-state index contributed by atoms with van der Waals surface area (Å²) in [5, 5.41) is 3.43. The molecule has 29 heavy (non-hydrogen) atoms. The molecule has 0 bridgehead atoms. The van der Waals surface area contributed by atoms with Crippen molar-refractivity contribution < 1.29 is 8.42 Å². The predicted molar refractivity (Wildman–Crippen MR) is 115 cm³/mol. The Labute approximate surface area is 172 Å². The summed E-state index contributed by atoms with van der Waals surface area (Å²) in [6.07, 6.45) is 7.83. The third-order valence-corrected chi connectivity index (χ3v) is 8.97. The number of sulfonamides is 1. The number of imidazole rings is 1. The van der Waals surface area contributed by atoms with Gasteiger partial charge in [0.15, 0.2) is 5.82 Å². The molecule has 2 aromatic heterocycles. The van der Waals surface area contributed by atoms with Gasteiger partial charge in [0, 0.05) is 37.3 Å². The number of anilines is 1. The average molecular weight is 418 g/mol. The molecule has 0 radical (unpaired) electrons. The van der Waals surface area contributed by atoms with E-state index in [-0.39, 0.29) is 5.25 Å². The number of hydrogen-bond donors (Lipinski definition) is 1. The molecule has 1 saturated heterocycles. The molecule has 7 nitrogen and oxygen atoms in total. The van der Waals surface area contributed by atoms with E-state index in [2.05, 4.69) is 34.8 Å². The van der Waals surface area contributed by atoms with Crippen LogP contribution in [0.1, 0.15) is 70.0 Å². The molecule has 0 unspecified atom stereocenters. The summed E-state index contributed by atoms with van der Waals surface area (Å²) in [4.78, 5) is 9.62. The fourth-order valence-electron chi connectivity index (χ4n) is 4.34. The minimum Gasteiger partial charge on any atom is -0.368 e. The largest absolute Gasteiger partial charge is 0.368 e. The summed E-state index contributed by atoms with van der Waals surface area (Å²) < 4.78 is 29.0. The van der Waals surface area contributed by atoms with Crippen LogP contribution in [0, 0.1) is 5.92 Å². The number of nitrogens with zero attached hydrogens (tertiary/aromatic N) is 4. The third kappa shape index (κ3) is 3.77. The molecule has 3 heterocycles. The number of pyridine rings is 1. The molecule has 158 valence electrons. The molecule has 3 aliphatic rings. The lowest BCUT2D eigenvalue weighted by molar-refractivity contribution is 0.316. The van der Waals surface area contributed by atoms with Crippen LogP contribution >= 0.6 is 0 Å². The van der Waals surface area contributed by atoms with Gasteiger partial charge in [0.2, 0.25) is 10.0 Å². The molecular formula is C21H31N5O2S. The molecule has 0 amide bonds. The number of piperidine rings is 1. The van der Waals surface area contributed by atoms with Crippen molar-refractivity contribution in [3.05, 3.63) is 18.1 Å². The van der Waals surface area contributed by atoms with Crippen molar-refractivity contribution in [1.29, 1.82) is 0 Å². The Hall–Kier alpha value is -1.67. The maximum Gasteiger partial charge on any atom is 0.216 e. The van der Waals surface area contributed by atoms with Crippen LogP contribution in [0.2, 0.25) is 0 Å². The van der Waals surface area contributed by atoms with Crippen LogP contribution in [-0.4, -0.2) is 52.1 Å². The smallest absolute Gasteiger partial charge is 0.216 e. The van der Waals surface area contributed by atoms with Crippen LogP contribution in [0.3, 0.4) is 0 Å². The Bertz CT molecular complexity index is 999. The van der Waals surface area contributed by atoms with Crippen molar-refractivity contribution in [2.24, 2.45) is 5.92 Å². The van der Waals surface area contributed by atoms with E-state index in [0.29, 0.717) is 25.0 Å². The molecule has 0 aromatic carbocycles. The normalized spacial score (nSPS) is 21.9. The molecule has 2 aliphatic carbocycles. The van der Waals surface area contributed by atoms with Crippen LogP contribution in [-0.2, 0) is 10.0 Å².